The number of ether oxygens (including phenoxy) is 1. The van der Waals surface area contributed by atoms with Gasteiger partial charge in [0.05, 0.1) is 11.7 Å². The number of allylic oxidation sites excluding steroid dienone is 1. The molecule has 1 heterocycles. The molecule has 0 radical (unpaired) electrons. The van der Waals surface area contributed by atoms with Gasteiger partial charge in [0.15, 0.2) is 0 Å². The van der Waals surface area contributed by atoms with Crippen LogP contribution in [0.1, 0.15) is 52.9 Å². The fourth-order valence-corrected chi connectivity index (χ4v) is 6.81. The van der Waals surface area contributed by atoms with Gasteiger partial charge in [-0.05, 0) is 60.8 Å². The maximum absolute atomic E-state index is 12.1. The molecule has 1 aliphatic heterocycles. The smallest absolute Gasteiger partial charge is 0.335 e. The van der Waals surface area contributed by atoms with E-state index in [0.717, 1.165) is 24.8 Å². The van der Waals surface area contributed by atoms with E-state index in [1.807, 2.05) is 0 Å². The normalized spacial score (nSPS) is 37.4. The summed E-state index contributed by atoms with van der Waals surface area (Å²) >= 11 is 0. The highest BCUT2D eigenvalue weighted by Crippen LogP contribution is 2.62. The van der Waals surface area contributed by atoms with Gasteiger partial charge < -0.3 is 9.84 Å². The number of hydrogen-bond acceptors (Lipinski definition) is 5. The predicted octanol–water partition coefficient (Wildman–Crippen LogP) is 2.89. The molecule has 0 aromatic carbocycles. The first-order chi connectivity index (χ1) is 12.4. The molecule has 5 unspecified atom stereocenters. The summed E-state index contributed by atoms with van der Waals surface area (Å²) in [6, 6.07) is 0. The van der Waals surface area contributed by atoms with Gasteiger partial charge in [0, 0.05) is 0 Å². The lowest BCUT2D eigenvalue weighted by Gasteiger charge is -2.59. The van der Waals surface area contributed by atoms with Gasteiger partial charge in [0.25, 0.3) is 10.1 Å². The van der Waals surface area contributed by atoms with Gasteiger partial charge in [-0.15, -0.1) is 0 Å². The van der Waals surface area contributed by atoms with Crippen LogP contribution in [0.3, 0.4) is 0 Å². The van der Waals surface area contributed by atoms with Crippen LogP contribution in [-0.4, -0.2) is 42.0 Å². The molecular formula is C20H30O6S. The van der Waals surface area contributed by atoms with E-state index in [9.17, 15) is 22.9 Å². The molecule has 0 spiro atoms. The van der Waals surface area contributed by atoms with Gasteiger partial charge >= 0.3 is 5.97 Å². The molecule has 3 aliphatic rings. The number of aliphatic hydroxyl groups is 1. The molecule has 152 valence electrons. The summed E-state index contributed by atoms with van der Waals surface area (Å²) in [5.41, 5.74) is 0.447. The first-order valence-corrected chi connectivity index (χ1v) is 11.1. The summed E-state index contributed by atoms with van der Waals surface area (Å²) in [5, 5.41) is 9.23. The van der Waals surface area contributed by atoms with Gasteiger partial charge in [0.1, 0.15) is 11.9 Å². The standard InChI is InChI=1S/C20H30O6S/c1-12-5-6-16-19(2,3)17(21)7-9-20(16,4)14(12)11-15(27(23,24)25)13-8-10-26-18(13)22/h8,14-17,21H,1,5-7,9-11H2,2-4H3,(H,23,24,25). The average Bonchev–Trinajstić information content (AvgIpc) is 2.95. The van der Waals surface area contributed by atoms with E-state index in [1.54, 1.807) is 0 Å². The number of hydrogen-bond donors (Lipinski definition) is 2. The van der Waals surface area contributed by atoms with Crippen LogP contribution in [0.5, 0.6) is 0 Å². The molecule has 6 nitrogen and oxygen atoms in total. The maximum Gasteiger partial charge on any atom is 0.335 e. The van der Waals surface area contributed by atoms with Crippen molar-refractivity contribution in [1.29, 1.82) is 0 Å². The fourth-order valence-electron chi connectivity index (χ4n) is 5.86. The Balaban J connectivity index is 1.98. The minimum Gasteiger partial charge on any atom is -0.458 e. The van der Waals surface area contributed by atoms with Crippen molar-refractivity contribution in [2.45, 2.75) is 64.2 Å². The maximum atomic E-state index is 12.1. The van der Waals surface area contributed by atoms with E-state index in [4.69, 9.17) is 4.74 Å². The molecule has 5 atom stereocenters. The van der Waals surface area contributed by atoms with Gasteiger partial charge in [-0.1, -0.05) is 32.9 Å². The number of cyclic esters (lactones) is 1. The number of carbonyl (C=O) groups is 1. The molecular weight excluding hydrogens is 368 g/mol. The monoisotopic (exact) mass is 398 g/mol. The van der Waals surface area contributed by atoms with Crippen molar-refractivity contribution < 1.29 is 27.6 Å². The first kappa shape index (κ1) is 20.6. The predicted molar refractivity (Wildman–Crippen MR) is 101 cm³/mol. The molecule has 2 aliphatic carbocycles. The van der Waals surface area contributed by atoms with Crippen LogP contribution in [0.4, 0.5) is 0 Å². The van der Waals surface area contributed by atoms with Crippen LogP contribution in [-0.2, 0) is 19.6 Å². The number of carbonyl (C=O) groups excluding carboxylic acids is 1. The lowest BCUT2D eigenvalue weighted by atomic mass is 9.46. The highest BCUT2D eigenvalue weighted by molar-refractivity contribution is 7.86. The Morgan fingerprint density at radius 2 is 2.00 bits per heavy atom. The molecule has 7 heteroatoms. The van der Waals surface area contributed by atoms with E-state index in [2.05, 4.69) is 27.4 Å². The zero-order valence-corrected chi connectivity index (χ0v) is 17.1. The Bertz CT molecular complexity index is 780. The second-order valence-electron chi connectivity index (χ2n) is 9.18. The van der Waals surface area contributed by atoms with Gasteiger partial charge in [-0.3, -0.25) is 4.55 Å². The van der Waals surface area contributed by atoms with Crippen molar-refractivity contribution >= 4 is 16.1 Å². The number of esters is 1. The van der Waals surface area contributed by atoms with Crippen LogP contribution in [0, 0.1) is 22.7 Å². The van der Waals surface area contributed by atoms with Crippen molar-refractivity contribution in [2.75, 3.05) is 6.61 Å². The molecule has 0 amide bonds. The third kappa shape index (κ3) is 3.38. The minimum absolute atomic E-state index is 0.0196. The van der Waals surface area contributed by atoms with E-state index < -0.39 is 27.4 Å². The molecule has 2 N–H and O–H groups in total. The zero-order valence-electron chi connectivity index (χ0n) is 16.3. The van der Waals surface area contributed by atoms with Crippen LogP contribution in [0.15, 0.2) is 23.8 Å². The SMILES string of the molecule is C=C1CCC2C(C)(C)C(O)CCC2(C)C1CC(C1=CCOC1=O)S(=O)(=O)O. The van der Waals surface area contributed by atoms with E-state index in [-0.39, 0.29) is 41.3 Å². The van der Waals surface area contributed by atoms with Crippen LogP contribution in [0.2, 0.25) is 0 Å². The molecule has 0 saturated heterocycles. The second kappa shape index (κ2) is 6.71. The fraction of sp³-hybridized carbons (Fsp3) is 0.750. The van der Waals surface area contributed by atoms with E-state index >= 15 is 0 Å². The Morgan fingerprint density at radius 3 is 2.56 bits per heavy atom. The Kier molecular flexibility index (Phi) is 5.11. The van der Waals surface area contributed by atoms with Crippen LogP contribution < -0.4 is 0 Å². The molecule has 27 heavy (non-hydrogen) atoms. The van der Waals surface area contributed by atoms with Gasteiger partial charge in [-0.2, -0.15) is 8.42 Å². The van der Waals surface area contributed by atoms with Crippen LogP contribution >= 0.6 is 0 Å². The van der Waals surface area contributed by atoms with Gasteiger partial charge in [0.2, 0.25) is 0 Å². The Morgan fingerprint density at radius 1 is 1.33 bits per heavy atom. The number of fused-ring (bicyclic) bond motifs is 1. The third-order valence-electron chi connectivity index (χ3n) is 7.46. The summed E-state index contributed by atoms with van der Waals surface area (Å²) in [6.07, 6.45) is 4.21. The summed E-state index contributed by atoms with van der Waals surface area (Å²) in [7, 11) is -4.47. The van der Waals surface area contributed by atoms with E-state index in [0.29, 0.717) is 6.42 Å². The summed E-state index contributed by atoms with van der Waals surface area (Å²) in [5.74, 6) is -0.639. The topological polar surface area (TPSA) is 101 Å². The molecule has 2 saturated carbocycles. The first-order valence-electron chi connectivity index (χ1n) is 9.58. The van der Waals surface area contributed by atoms with Crippen molar-refractivity contribution in [3.8, 4) is 0 Å². The molecule has 0 bridgehead atoms. The molecule has 2 fully saturated rings. The third-order valence-corrected chi connectivity index (χ3v) is 8.63. The van der Waals surface area contributed by atoms with Crippen molar-refractivity contribution in [3.63, 3.8) is 0 Å². The van der Waals surface area contributed by atoms with E-state index in [1.165, 1.54) is 6.08 Å². The van der Waals surface area contributed by atoms with Crippen molar-refractivity contribution in [1.82, 2.24) is 0 Å². The van der Waals surface area contributed by atoms with Crippen LogP contribution in [0.25, 0.3) is 0 Å². The average molecular weight is 399 g/mol. The second-order valence-corrected chi connectivity index (χ2v) is 10.8. The molecule has 0 aromatic rings. The summed E-state index contributed by atoms with van der Waals surface area (Å²) in [4.78, 5) is 12.0. The lowest BCUT2D eigenvalue weighted by Crippen LogP contribution is -2.55. The lowest BCUT2D eigenvalue weighted by molar-refractivity contribution is -0.136. The summed E-state index contributed by atoms with van der Waals surface area (Å²) < 4.78 is 39.0. The highest BCUT2D eigenvalue weighted by atomic mass is 32.2. The largest absolute Gasteiger partial charge is 0.458 e. The van der Waals surface area contributed by atoms with Crippen molar-refractivity contribution in [3.05, 3.63) is 23.8 Å². The molecule has 0 aromatic heterocycles. The zero-order chi connectivity index (χ0) is 20.2. The Labute approximate surface area is 161 Å². The Hall–Kier alpha value is -1.18. The quantitative estimate of drug-likeness (QED) is 0.429. The van der Waals surface area contributed by atoms with Gasteiger partial charge in [-0.25, -0.2) is 4.79 Å². The molecule has 3 rings (SSSR count). The number of aliphatic hydroxyl groups excluding tert-OH is 1. The van der Waals surface area contributed by atoms with Crippen molar-refractivity contribution in [2.24, 2.45) is 22.7 Å². The number of rotatable bonds is 4. The summed E-state index contributed by atoms with van der Waals surface area (Å²) in [6.45, 7) is 10.5. The minimum atomic E-state index is -4.47. The highest BCUT2D eigenvalue weighted by Gasteiger charge is 2.57.